The number of para-hydroxylation sites is 1. The minimum Gasteiger partial charge on any atom is -0.493 e. The number of pyridine rings is 1. The molecule has 0 aliphatic heterocycles. The number of rotatable bonds is 8. The average molecular weight is 499 g/mol. The first-order valence-electron chi connectivity index (χ1n) is 11.7. The van der Waals surface area contributed by atoms with Gasteiger partial charge in [-0.2, -0.15) is 0 Å². The Kier molecular flexibility index (Phi) is 6.70. The maximum Gasteiger partial charge on any atom is 0.227 e. The Hall–Kier alpha value is -4.50. The minimum absolute atomic E-state index is 0.303. The fourth-order valence-corrected chi connectivity index (χ4v) is 4.26. The lowest BCUT2D eigenvalue weighted by atomic mass is 10.1. The van der Waals surface area contributed by atoms with Crippen molar-refractivity contribution < 1.29 is 13.9 Å². The highest BCUT2D eigenvalue weighted by atomic mass is 19.1. The van der Waals surface area contributed by atoms with Gasteiger partial charge in [0, 0.05) is 24.5 Å². The summed E-state index contributed by atoms with van der Waals surface area (Å²) in [6, 6.07) is 17.8. The Morgan fingerprint density at radius 2 is 1.78 bits per heavy atom. The fraction of sp³-hybridized carbons (Fsp3) is 0.179. The van der Waals surface area contributed by atoms with E-state index in [4.69, 9.17) is 19.4 Å². The Morgan fingerprint density at radius 1 is 0.973 bits per heavy atom. The van der Waals surface area contributed by atoms with Crippen molar-refractivity contribution in [1.82, 2.24) is 24.3 Å². The molecule has 0 fully saturated rings. The summed E-state index contributed by atoms with van der Waals surface area (Å²) in [6.07, 6.45) is 3.68. The van der Waals surface area contributed by atoms with Crippen LogP contribution in [0.1, 0.15) is 5.56 Å². The van der Waals surface area contributed by atoms with E-state index < -0.39 is 0 Å². The van der Waals surface area contributed by atoms with Gasteiger partial charge in [0.1, 0.15) is 11.5 Å². The predicted octanol–water partition coefficient (Wildman–Crippen LogP) is 5.42. The third kappa shape index (κ3) is 4.94. The number of halogens is 1. The van der Waals surface area contributed by atoms with Gasteiger partial charge in [-0.15, -0.1) is 0 Å². The van der Waals surface area contributed by atoms with Crippen LogP contribution in [0.5, 0.6) is 11.5 Å². The molecule has 5 rings (SSSR count). The number of hydrogen-bond donors (Lipinski definition) is 1. The molecule has 0 saturated carbocycles. The second kappa shape index (κ2) is 10.2. The van der Waals surface area contributed by atoms with Gasteiger partial charge < -0.3 is 19.7 Å². The highest BCUT2D eigenvalue weighted by Crippen LogP contribution is 2.37. The van der Waals surface area contributed by atoms with E-state index in [0.717, 1.165) is 29.0 Å². The number of nitrogens with zero attached hydrogens (tertiary/aromatic N) is 5. The number of fused-ring (bicyclic) bond motifs is 1. The van der Waals surface area contributed by atoms with Crippen molar-refractivity contribution in [2.45, 2.75) is 6.54 Å². The highest BCUT2D eigenvalue weighted by molar-refractivity contribution is 5.81. The van der Waals surface area contributed by atoms with Gasteiger partial charge in [0.2, 0.25) is 5.95 Å². The summed E-state index contributed by atoms with van der Waals surface area (Å²) >= 11 is 0. The number of hydrogen-bond acceptors (Lipinski definition) is 7. The monoisotopic (exact) mass is 498 g/mol. The number of ether oxygens (including phenoxy) is 2. The molecule has 37 heavy (non-hydrogen) atoms. The molecule has 188 valence electrons. The molecule has 0 aliphatic carbocycles. The summed E-state index contributed by atoms with van der Waals surface area (Å²) in [6.45, 7) is 0.786. The zero-order chi connectivity index (χ0) is 25.9. The van der Waals surface area contributed by atoms with Crippen LogP contribution in [0.25, 0.3) is 28.3 Å². The van der Waals surface area contributed by atoms with Gasteiger partial charge in [0.25, 0.3) is 0 Å². The second-order valence-electron chi connectivity index (χ2n) is 8.75. The molecule has 3 aromatic heterocycles. The first kappa shape index (κ1) is 24.2. The number of anilines is 2. The van der Waals surface area contributed by atoms with Gasteiger partial charge in [-0.05, 0) is 74.3 Å². The third-order valence-corrected chi connectivity index (χ3v) is 5.85. The van der Waals surface area contributed by atoms with E-state index in [1.807, 2.05) is 49.0 Å². The Balaban J connectivity index is 1.63. The molecule has 5 aromatic rings. The lowest BCUT2D eigenvalue weighted by Crippen LogP contribution is -2.10. The van der Waals surface area contributed by atoms with E-state index in [-0.39, 0.29) is 5.82 Å². The van der Waals surface area contributed by atoms with Crippen LogP contribution < -0.4 is 14.8 Å². The van der Waals surface area contributed by atoms with E-state index in [9.17, 15) is 4.39 Å². The molecule has 0 bridgehead atoms. The van der Waals surface area contributed by atoms with Crippen LogP contribution in [0.2, 0.25) is 0 Å². The quantitative estimate of drug-likeness (QED) is 0.306. The molecule has 9 heteroatoms. The number of nitrogens with one attached hydrogen (secondary N) is 1. The number of benzene rings is 2. The van der Waals surface area contributed by atoms with Gasteiger partial charge >= 0.3 is 0 Å². The van der Waals surface area contributed by atoms with Crippen molar-refractivity contribution >= 4 is 17.3 Å². The lowest BCUT2D eigenvalue weighted by Gasteiger charge is -2.14. The van der Waals surface area contributed by atoms with Crippen LogP contribution in [0.4, 0.5) is 16.0 Å². The van der Waals surface area contributed by atoms with Crippen LogP contribution in [0, 0.1) is 5.82 Å². The van der Waals surface area contributed by atoms with Crippen LogP contribution in [-0.4, -0.2) is 52.6 Å². The lowest BCUT2D eigenvalue weighted by molar-refractivity contribution is 0.356. The van der Waals surface area contributed by atoms with Crippen molar-refractivity contribution in [3.8, 4) is 34.1 Å². The molecule has 0 atom stereocenters. The predicted molar refractivity (Wildman–Crippen MR) is 142 cm³/mol. The summed E-state index contributed by atoms with van der Waals surface area (Å²) in [7, 11) is 7.22. The topological polar surface area (TPSA) is 76.8 Å². The van der Waals surface area contributed by atoms with Crippen LogP contribution in [-0.2, 0) is 6.54 Å². The maximum absolute atomic E-state index is 13.7. The van der Waals surface area contributed by atoms with E-state index in [2.05, 4.69) is 27.3 Å². The standard InChI is InChI=1S/C28H27FN6O2/c1-34(2)17-18-13-15-35-24(16-18)33-25(19-8-10-20(29)11-9-19)26(35)21-12-14-30-28(31-21)32-22-6-5-7-23(36-3)27(22)37-4/h5-16H,17H2,1-4H3,(H,30,31,32). The number of aromatic nitrogens is 4. The molecule has 0 aliphatic rings. The van der Waals surface area contributed by atoms with Crippen molar-refractivity contribution in [1.29, 1.82) is 0 Å². The summed E-state index contributed by atoms with van der Waals surface area (Å²) in [4.78, 5) is 16.2. The molecular weight excluding hydrogens is 471 g/mol. The Morgan fingerprint density at radius 3 is 2.51 bits per heavy atom. The molecule has 0 saturated heterocycles. The number of imidazole rings is 1. The molecule has 0 spiro atoms. The average Bonchev–Trinajstić information content (AvgIpc) is 3.27. The maximum atomic E-state index is 13.7. The smallest absolute Gasteiger partial charge is 0.227 e. The van der Waals surface area contributed by atoms with Crippen LogP contribution in [0.3, 0.4) is 0 Å². The molecule has 0 unspecified atom stereocenters. The van der Waals surface area contributed by atoms with Gasteiger partial charge in [0.05, 0.1) is 37.0 Å². The van der Waals surface area contributed by atoms with Gasteiger partial charge in [0.15, 0.2) is 11.5 Å². The van der Waals surface area contributed by atoms with E-state index in [1.54, 1.807) is 32.5 Å². The van der Waals surface area contributed by atoms with Crippen molar-refractivity contribution in [3.63, 3.8) is 0 Å². The van der Waals surface area contributed by atoms with Crippen molar-refractivity contribution in [2.75, 3.05) is 33.6 Å². The molecule has 0 amide bonds. The van der Waals surface area contributed by atoms with Crippen LogP contribution >= 0.6 is 0 Å². The molecule has 8 nitrogen and oxygen atoms in total. The third-order valence-electron chi connectivity index (χ3n) is 5.85. The summed E-state index contributed by atoms with van der Waals surface area (Å²) < 4.78 is 26.6. The fourth-order valence-electron chi connectivity index (χ4n) is 4.26. The zero-order valence-electron chi connectivity index (χ0n) is 21.1. The minimum atomic E-state index is -0.303. The van der Waals surface area contributed by atoms with E-state index in [0.29, 0.717) is 34.5 Å². The molecule has 1 N–H and O–H groups in total. The first-order chi connectivity index (χ1) is 18.0. The summed E-state index contributed by atoms with van der Waals surface area (Å²) in [5.41, 5.74) is 5.51. The molecular formula is C28H27FN6O2. The van der Waals surface area contributed by atoms with E-state index >= 15 is 0 Å². The molecule has 3 heterocycles. The van der Waals surface area contributed by atoms with Gasteiger partial charge in [-0.25, -0.2) is 19.3 Å². The highest BCUT2D eigenvalue weighted by Gasteiger charge is 2.19. The van der Waals surface area contributed by atoms with Gasteiger partial charge in [-0.3, -0.25) is 4.40 Å². The molecule has 0 radical (unpaired) electrons. The normalized spacial score (nSPS) is 11.2. The Labute approximate surface area is 214 Å². The molecule has 2 aromatic carbocycles. The van der Waals surface area contributed by atoms with Gasteiger partial charge in [-0.1, -0.05) is 6.07 Å². The second-order valence-corrected chi connectivity index (χ2v) is 8.75. The number of methoxy groups -OCH3 is 2. The largest absolute Gasteiger partial charge is 0.493 e. The first-order valence-corrected chi connectivity index (χ1v) is 11.7. The Bertz CT molecular complexity index is 1550. The van der Waals surface area contributed by atoms with Crippen molar-refractivity contribution in [3.05, 3.63) is 84.4 Å². The SMILES string of the molecule is COc1cccc(Nc2nccc(-c3c(-c4ccc(F)cc4)nc4cc(CN(C)C)ccn34)n2)c1OC. The van der Waals surface area contributed by atoms with Crippen molar-refractivity contribution in [2.24, 2.45) is 0 Å². The zero-order valence-corrected chi connectivity index (χ0v) is 21.1. The van der Waals surface area contributed by atoms with Crippen LogP contribution in [0.15, 0.2) is 73.1 Å². The summed E-state index contributed by atoms with van der Waals surface area (Å²) in [5.74, 6) is 1.23. The summed E-state index contributed by atoms with van der Waals surface area (Å²) in [5, 5.41) is 3.23. The van der Waals surface area contributed by atoms with E-state index in [1.165, 1.54) is 12.1 Å².